The van der Waals surface area contributed by atoms with Crippen molar-refractivity contribution in [1.82, 2.24) is 0 Å². The van der Waals surface area contributed by atoms with Crippen molar-refractivity contribution in [3.05, 3.63) is 64.5 Å². The lowest BCUT2D eigenvalue weighted by Crippen LogP contribution is -2.31. The maximum atomic E-state index is 13.7. The molecule has 1 saturated heterocycles. The highest BCUT2D eigenvalue weighted by Crippen LogP contribution is 2.31. The van der Waals surface area contributed by atoms with Crippen molar-refractivity contribution in [2.75, 3.05) is 0 Å². The topological polar surface area (TPSA) is 46.5 Å². The number of benzene rings is 2. The fourth-order valence-corrected chi connectivity index (χ4v) is 3.38. The van der Waals surface area contributed by atoms with Crippen LogP contribution in [0.15, 0.2) is 36.4 Å². The number of cyclic esters (lactones) is 1. The van der Waals surface area contributed by atoms with Crippen molar-refractivity contribution >= 4 is 12.0 Å². The van der Waals surface area contributed by atoms with Gasteiger partial charge in [0.25, 0.3) is 0 Å². The van der Waals surface area contributed by atoms with Crippen molar-refractivity contribution in [2.24, 2.45) is 0 Å². The standard InChI is InChI=1S/C22H23FO3/c1-13-8-14(2)19(6-5-18-11-17(24)12-22(25)26-18)20(9-13)16-4-7-21(23)15(3)10-16/h4-10,17-18,24H,11-12H2,1-3H3/t17-,18?/m1/s1. The Morgan fingerprint density at radius 2 is 1.92 bits per heavy atom. The molecule has 3 rings (SSSR count). The fourth-order valence-electron chi connectivity index (χ4n) is 3.38. The number of aliphatic hydroxyl groups excluding tert-OH is 1. The van der Waals surface area contributed by atoms with Crippen LogP contribution in [0.4, 0.5) is 4.39 Å². The summed E-state index contributed by atoms with van der Waals surface area (Å²) in [7, 11) is 0. The molecular weight excluding hydrogens is 331 g/mol. The van der Waals surface area contributed by atoms with Crippen molar-refractivity contribution in [3.63, 3.8) is 0 Å². The molecule has 0 spiro atoms. The third kappa shape index (κ3) is 4.02. The highest BCUT2D eigenvalue weighted by atomic mass is 19.1. The summed E-state index contributed by atoms with van der Waals surface area (Å²) in [5.74, 6) is -0.605. The van der Waals surface area contributed by atoms with Crippen molar-refractivity contribution < 1.29 is 19.0 Å². The van der Waals surface area contributed by atoms with E-state index in [1.807, 2.05) is 32.1 Å². The van der Waals surface area contributed by atoms with Gasteiger partial charge in [-0.1, -0.05) is 29.8 Å². The third-order valence-electron chi connectivity index (χ3n) is 4.67. The second kappa shape index (κ2) is 7.42. The van der Waals surface area contributed by atoms with Gasteiger partial charge in [0.1, 0.15) is 11.9 Å². The minimum atomic E-state index is -0.663. The number of carbonyl (C=O) groups excluding carboxylic acids is 1. The first-order valence-corrected chi connectivity index (χ1v) is 8.77. The minimum absolute atomic E-state index is 0.0496. The molecule has 0 saturated carbocycles. The van der Waals surface area contributed by atoms with Crippen molar-refractivity contribution in [2.45, 2.75) is 45.8 Å². The number of aliphatic hydroxyl groups is 1. The minimum Gasteiger partial charge on any atom is -0.458 e. The molecule has 1 heterocycles. The summed E-state index contributed by atoms with van der Waals surface area (Å²) in [6.45, 7) is 5.80. The SMILES string of the molecule is Cc1cc(C)c(C=CC2C[C@@H](O)CC(=O)O2)c(-c2ccc(F)c(C)c2)c1. The second-order valence-electron chi connectivity index (χ2n) is 6.99. The monoisotopic (exact) mass is 354 g/mol. The van der Waals surface area contributed by atoms with Gasteiger partial charge in [-0.3, -0.25) is 4.79 Å². The van der Waals surface area contributed by atoms with E-state index in [1.165, 1.54) is 6.07 Å². The highest BCUT2D eigenvalue weighted by Gasteiger charge is 2.25. The molecular formula is C22H23FO3. The smallest absolute Gasteiger partial charge is 0.309 e. The van der Waals surface area contributed by atoms with Gasteiger partial charge in [-0.05, 0) is 66.8 Å². The normalized spacial score (nSPS) is 20.4. The zero-order chi connectivity index (χ0) is 18.8. The van der Waals surface area contributed by atoms with Gasteiger partial charge < -0.3 is 9.84 Å². The summed E-state index contributed by atoms with van der Waals surface area (Å²) in [5.41, 5.74) is 5.75. The van der Waals surface area contributed by atoms with Crippen LogP contribution in [0.5, 0.6) is 0 Å². The first-order chi connectivity index (χ1) is 12.3. The Balaban J connectivity index is 1.99. The Hall–Kier alpha value is -2.46. The number of halogens is 1. The van der Waals surface area contributed by atoms with E-state index < -0.39 is 12.2 Å². The molecule has 0 radical (unpaired) electrons. The van der Waals surface area contributed by atoms with E-state index in [2.05, 4.69) is 12.1 Å². The number of carbonyl (C=O) groups is 1. The van der Waals surface area contributed by atoms with E-state index in [-0.39, 0.29) is 18.2 Å². The van der Waals surface area contributed by atoms with Crippen LogP contribution in [0.25, 0.3) is 17.2 Å². The Kier molecular flexibility index (Phi) is 5.23. The van der Waals surface area contributed by atoms with Crippen molar-refractivity contribution in [1.29, 1.82) is 0 Å². The van der Waals surface area contributed by atoms with Crippen LogP contribution in [0, 0.1) is 26.6 Å². The van der Waals surface area contributed by atoms with Gasteiger partial charge >= 0.3 is 5.97 Å². The number of esters is 1. The van der Waals surface area contributed by atoms with Gasteiger partial charge in [-0.15, -0.1) is 0 Å². The summed E-state index contributed by atoms with van der Waals surface area (Å²) in [4.78, 5) is 11.5. The van der Waals surface area contributed by atoms with Gasteiger partial charge in [0, 0.05) is 6.42 Å². The molecule has 2 aromatic carbocycles. The molecule has 3 nitrogen and oxygen atoms in total. The Morgan fingerprint density at radius 1 is 1.15 bits per heavy atom. The number of hydrogen-bond donors (Lipinski definition) is 1. The Bertz CT molecular complexity index is 870. The molecule has 2 aromatic rings. The molecule has 1 unspecified atom stereocenters. The van der Waals surface area contributed by atoms with E-state index in [4.69, 9.17) is 4.74 Å². The van der Waals surface area contributed by atoms with Crippen LogP contribution in [0.1, 0.15) is 35.1 Å². The number of aryl methyl sites for hydroxylation is 3. The molecule has 4 heteroatoms. The number of rotatable bonds is 3. The fraction of sp³-hybridized carbons (Fsp3) is 0.318. The molecule has 136 valence electrons. The Labute approximate surface area is 153 Å². The van der Waals surface area contributed by atoms with Crippen LogP contribution < -0.4 is 0 Å². The zero-order valence-corrected chi connectivity index (χ0v) is 15.3. The van der Waals surface area contributed by atoms with Crippen LogP contribution in [-0.2, 0) is 9.53 Å². The summed E-state index contributed by atoms with van der Waals surface area (Å²) in [5, 5.41) is 9.76. The summed E-state index contributed by atoms with van der Waals surface area (Å²) >= 11 is 0. The molecule has 1 aliphatic rings. The second-order valence-corrected chi connectivity index (χ2v) is 6.99. The van der Waals surface area contributed by atoms with Crippen LogP contribution in [0.2, 0.25) is 0 Å². The molecule has 2 atom stereocenters. The lowest BCUT2D eigenvalue weighted by atomic mass is 9.92. The maximum Gasteiger partial charge on any atom is 0.309 e. The van der Waals surface area contributed by atoms with E-state index in [0.29, 0.717) is 12.0 Å². The molecule has 1 N–H and O–H groups in total. The summed E-state index contributed by atoms with van der Waals surface area (Å²) in [6, 6.07) is 9.25. The lowest BCUT2D eigenvalue weighted by molar-refractivity contribution is -0.156. The van der Waals surface area contributed by atoms with Crippen LogP contribution in [0.3, 0.4) is 0 Å². The van der Waals surface area contributed by atoms with Crippen molar-refractivity contribution in [3.8, 4) is 11.1 Å². The lowest BCUT2D eigenvalue weighted by Gasteiger charge is -2.23. The number of hydrogen-bond acceptors (Lipinski definition) is 3. The first-order valence-electron chi connectivity index (χ1n) is 8.77. The molecule has 0 amide bonds. The van der Waals surface area contributed by atoms with E-state index >= 15 is 0 Å². The first kappa shape index (κ1) is 18.3. The third-order valence-corrected chi connectivity index (χ3v) is 4.67. The van der Waals surface area contributed by atoms with E-state index in [0.717, 1.165) is 27.8 Å². The average molecular weight is 354 g/mol. The highest BCUT2D eigenvalue weighted by molar-refractivity contribution is 5.78. The zero-order valence-electron chi connectivity index (χ0n) is 15.3. The molecule has 1 fully saturated rings. The molecule has 1 aliphatic heterocycles. The molecule has 26 heavy (non-hydrogen) atoms. The van der Waals surface area contributed by atoms with Gasteiger partial charge in [0.05, 0.1) is 12.5 Å². The van der Waals surface area contributed by atoms with Crippen LogP contribution >= 0.6 is 0 Å². The van der Waals surface area contributed by atoms with E-state index in [1.54, 1.807) is 13.0 Å². The predicted molar refractivity (Wildman–Crippen MR) is 100 cm³/mol. The van der Waals surface area contributed by atoms with Crippen LogP contribution in [-0.4, -0.2) is 23.3 Å². The van der Waals surface area contributed by atoms with E-state index in [9.17, 15) is 14.3 Å². The summed E-state index contributed by atoms with van der Waals surface area (Å²) in [6.07, 6.45) is 3.10. The number of ether oxygens (including phenoxy) is 1. The van der Waals surface area contributed by atoms with Gasteiger partial charge in [-0.25, -0.2) is 4.39 Å². The summed E-state index contributed by atoms with van der Waals surface area (Å²) < 4.78 is 18.9. The predicted octanol–water partition coefficient (Wildman–Crippen LogP) is 4.50. The molecule has 0 aliphatic carbocycles. The maximum absolute atomic E-state index is 13.7. The quantitative estimate of drug-likeness (QED) is 0.826. The van der Waals surface area contributed by atoms with Gasteiger partial charge in [0.15, 0.2) is 0 Å². The Morgan fingerprint density at radius 3 is 2.62 bits per heavy atom. The van der Waals surface area contributed by atoms with Gasteiger partial charge in [0.2, 0.25) is 0 Å². The average Bonchev–Trinajstić information content (AvgIpc) is 2.55. The molecule has 0 bridgehead atoms. The molecule has 0 aromatic heterocycles. The van der Waals surface area contributed by atoms with Gasteiger partial charge in [-0.2, -0.15) is 0 Å². The largest absolute Gasteiger partial charge is 0.458 e.